The van der Waals surface area contributed by atoms with Gasteiger partial charge in [0.2, 0.25) is 5.91 Å². The van der Waals surface area contributed by atoms with E-state index >= 15 is 4.39 Å². The molecule has 1 aromatic carbocycles. The van der Waals surface area contributed by atoms with E-state index in [1.807, 2.05) is 16.5 Å². The number of aromatic nitrogens is 2. The molecule has 8 heteroatoms. The third-order valence-corrected chi connectivity index (χ3v) is 9.91. The second-order valence-electron chi connectivity index (χ2n) is 11.3. The maximum absolute atomic E-state index is 15.2. The number of likely N-dealkylation sites (tertiary alicyclic amines) is 1. The maximum Gasteiger partial charge on any atom is 0.245 e. The van der Waals surface area contributed by atoms with E-state index in [1.165, 1.54) is 17.0 Å². The predicted octanol–water partition coefficient (Wildman–Crippen LogP) is 5.20. The summed E-state index contributed by atoms with van der Waals surface area (Å²) in [4.78, 5) is 27.0. The molecule has 1 aliphatic carbocycles. The number of halogens is 1. The van der Waals surface area contributed by atoms with Crippen molar-refractivity contribution >= 4 is 23.1 Å². The van der Waals surface area contributed by atoms with Gasteiger partial charge in [-0.3, -0.25) is 4.79 Å². The fraction of sp³-hybridized carbons (Fsp3) is 0.400. The van der Waals surface area contributed by atoms with Gasteiger partial charge in [0.25, 0.3) is 0 Å². The van der Waals surface area contributed by atoms with Gasteiger partial charge < -0.3 is 9.80 Å². The Hall–Kier alpha value is -3.57. The van der Waals surface area contributed by atoms with Gasteiger partial charge in [0.05, 0.1) is 11.2 Å². The Labute approximate surface area is 226 Å². The summed E-state index contributed by atoms with van der Waals surface area (Å²) in [6.45, 7) is 10.8. The number of benzene rings is 1. The molecule has 1 atom stereocenters. The van der Waals surface area contributed by atoms with Crippen molar-refractivity contribution in [3.63, 3.8) is 0 Å². The number of pyridine rings is 1. The largest absolute Gasteiger partial charge is 0.355 e. The number of hydrogen-bond donors (Lipinski definition) is 0. The second-order valence-corrected chi connectivity index (χ2v) is 12.1. The molecule has 2 saturated heterocycles. The highest BCUT2D eigenvalue weighted by Gasteiger charge is 2.50. The monoisotopic (exact) mass is 527 g/mol. The number of hydrogen-bond acceptors (Lipinski definition) is 6. The predicted molar refractivity (Wildman–Crippen MR) is 147 cm³/mol. The normalized spacial score (nSPS) is 21.6. The summed E-state index contributed by atoms with van der Waals surface area (Å²) < 4.78 is 15.2. The minimum absolute atomic E-state index is 0.00456. The van der Waals surface area contributed by atoms with Gasteiger partial charge in [-0.25, -0.2) is 14.4 Å². The Bertz CT molecular complexity index is 1500. The maximum atomic E-state index is 15.2. The highest BCUT2D eigenvalue weighted by Crippen LogP contribution is 2.47. The van der Waals surface area contributed by atoms with E-state index in [2.05, 4.69) is 36.4 Å². The average molecular weight is 528 g/mol. The second kappa shape index (κ2) is 9.02. The molecule has 0 radical (unpaired) electrons. The highest BCUT2D eigenvalue weighted by atomic mass is 32.1. The summed E-state index contributed by atoms with van der Waals surface area (Å²) in [5.41, 5.74) is 6.35. The first-order valence-corrected chi connectivity index (χ1v) is 13.9. The van der Waals surface area contributed by atoms with E-state index < -0.39 is 0 Å². The summed E-state index contributed by atoms with van der Waals surface area (Å²) in [5.74, 6) is 0.267. The lowest BCUT2D eigenvalue weighted by Gasteiger charge is -2.47. The molecule has 0 N–H and O–H groups in total. The molecule has 0 bridgehead atoms. The van der Waals surface area contributed by atoms with Crippen LogP contribution in [0.2, 0.25) is 0 Å². The van der Waals surface area contributed by atoms with Crippen LogP contribution in [0.5, 0.6) is 0 Å². The molecule has 0 unspecified atom stereocenters. The smallest absolute Gasteiger partial charge is 0.245 e. The van der Waals surface area contributed by atoms with Crippen LogP contribution in [-0.2, 0) is 23.1 Å². The van der Waals surface area contributed by atoms with Crippen molar-refractivity contribution in [2.75, 3.05) is 31.1 Å². The molecule has 6 nitrogen and oxygen atoms in total. The molecular weight excluding hydrogens is 497 g/mol. The third kappa shape index (κ3) is 3.83. The standard InChI is InChI=1S/C30H30FN5OS/c1-4-25(37)36-16-30(17-36)11-12-35(15-30)28-22(14-32)26(20-7-5-6-8-23(20)31)21-9-10-29(3,13-24(21)34-28)27-19(2)33-18-38-27/h4-8,18H,1,9-13,15-17H2,2-3H3/t29-/m0/s1. The Kier molecular flexibility index (Phi) is 5.88. The number of amides is 1. The molecule has 0 saturated carbocycles. The first-order valence-electron chi connectivity index (χ1n) is 13.1. The summed E-state index contributed by atoms with van der Waals surface area (Å²) in [5, 5.41) is 10.4. The molecule has 6 rings (SSSR count). The van der Waals surface area contributed by atoms with Gasteiger partial charge in [-0.1, -0.05) is 31.7 Å². The summed E-state index contributed by atoms with van der Waals surface area (Å²) in [6, 6.07) is 9.15. The van der Waals surface area contributed by atoms with Crippen molar-refractivity contribution in [2.24, 2.45) is 5.41 Å². The van der Waals surface area contributed by atoms with Crippen LogP contribution in [0.1, 0.15) is 47.2 Å². The average Bonchev–Trinajstić information content (AvgIpc) is 3.54. The molecule has 2 aromatic heterocycles. The lowest BCUT2D eigenvalue weighted by Crippen LogP contribution is -2.59. The van der Waals surface area contributed by atoms with E-state index in [1.54, 1.807) is 23.5 Å². The number of nitriles is 1. The van der Waals surface area contributed by atoms with Crippen molar-refractivity contribution in [2.45, 2.75) is 44.9 Å². The van der Waals surface area contributed by atoms with Crippen LogP contribution in [0.25, 0.3) is 11.1 Å². The summed E-state index contributed by atoms with van der Waals surface area (Å²) >= 11 is 1.68. The van der Waals surface area contributed by atoms with Gasteiger partial charge >= 0.3 is 0 Å². The van der Waals surface area contributed by atoms with E-state index in [4.69, 9.17) is 4.98 Å². The quantitative estimate of drug-likeness (QED) is 0.437. The van der Waals surface area contributed by atoms with Crippen LogP contribution < -0.4 is 4.90 Å². The Balaban J connectivity index is 1.45. The minimum Gasteiger partial charge on any atom is -0.355 e. The van der Waals surface area contributed by atoms with Gasteiger partial charge in [-0.15, -0.1) is 11.3 Å². The molecule has 3 aliphatic rings. The van der Waals surface area contributed by atoms with Gasteiger partial charge in [0.1, 0.15) is 23.3 Å². The van der Waals surface area contributed by atoms with Crippen molar-refractivity contribution in [1.82, 2.24) is 14.9 Å². The van der Waals surface area contributed by atoms with Crippen molar-refractivity contribution < 1.29 is 9.18 Å². The number of thiazole rings is 1. The van der Waals surface area contributed by atoms with Crippen molar-refractivity contribution in [3.05, 3.63) is 75.6 Å². The van der Waals surface area contributed by atoms with Crippen molar-refractivity contribution in [3.8, 4) is 17.2 Å². The molecule has 1 amide bonds. The lowest BCUT2D eigenvalue weighted by atomic mass is 9.71. The molecule has 2 aliphatic heterocycles. The highest BCUT2D eigenvalue weighted by molar-refractivity contribution is 7.09. The molecule has 38 heavy (non-hydrogen) atoms. The SMILES string of the molecule is C=CC(=O)N1CC2(CCN(c3nc4c(c(-c5ccccc5F)c3C#N)CC[C@](C)(c3scnc3C)C4)C2)C1. The zero-order chi connectivity index (χ0) is 26.7. The molecule has 194 valence electrons. The Morgan fingerprint density at radius 1 is 1.26 bits per heavy atom. The third-order valence-electron chi connectivity index (χ3n) is 8.67. The number of anilines is 1. The van der Waals surface area contributed by atoms with Crippen LogP contribution in [0, 0.1) is 29.5 Å². The number of carbonyl (C=O) groups excluding carboxylic acids is 1. The van der Waals surface area contributed by atoms with Gasteiger partial charge in [-0.2, -0.15) is 5.26 Å². The Morgan fingerprint density at radius 3 is 2.74 bits per heavy atom. The van der Waals surface area contributed by atoms with E-state index in [9.17, 15) is 10.1 Å². The molecular formula is C30H30FN5OS. The molecule has 2 fully saturated rings. The first kappa shape index (κ1) is 24.7. The molecule has 4 heterocycles. The van der Waals surface area contributed by atoms with E-state index in [0.717, 1.165) is 49.3 Å². The molecule has 1 spiro atoms. The summed E-state index contributed by atoms with van der Waals surface area (Å²) in [6.07, 6.45) is 4.60. The fourth-order valence-corrected chi connectivity index (χ4v) is 7.72. The zero-order valence-electron chi connectivity index (χ0n) is 21.8. The Morgan fingerprint density at radius 2 is 2.05 bits per heavy atom. The van der Waals surface area contributed by atoms with Crippen LogP contribution in [0.3, 0.4) is 0 Å². The zero-order valence-corrected chi connectivity index (χ0v) is 22.6. The van der Waals surface area contributed by atoms with Crippen LogP contribution in [0.15, 0.2) is 42.4 Å². The van der Waals surface area contributed by atoms with Crippen LogP contribution in [-0.4, -0.2) is 47.0 Å². The number of carbonyl (C=O) groups is 1. The van der Waals surface area contributed by atoms with E-state index in [0.29, 0.717) is 42.0 Å². The molecule has 3 aromatic rings. The van der Waals surface area contributed by atoms with Gasteiger partial charge in [-0.05, 0) is 43.9 Å². The number of rotatable bonds is 4. The summed E-state index contributed by atoms with van der Waals surface area (Å²) in [7, 11) is 0. The van der Waals surface area contributed by atoms with Gasteiger partial charge in [0, 0.05) is 65.1 Å². The van der Waals surface area contributed by atoms with E-state index in [-0.39, 0.29) is 22.6 Å². The van der Waals surface area contributed by atoms with Crippen molar-refractivity contribution in [1.29, 1.82) is 5.26 Å². The number of nitrogens with zero attached hydrogens (tertiary/aromatic N) is 5. The topological polar surface area (TPSA) is 73.1 Å². The lowest BCUT2D eigenvalue weighted by molar-refractivity contribution is -0.136. The van der Waals surface area contributed by atoms with Gasteiger partial charge in [0.15, 0.2) is 0 Å². The van der Waals surface area contributed by atoms with Crippen LogP contribution in [0.4, 0.5) is 10.2 Å². The van der Waals surface area contributed by atoms with Crippen LogP contribution >= 0.6 is 11.3 Å². The minimum atomic E-state index is -0.328. The number of fused-ring (bicyclic) bond motifs is 1. The first-order chi connectivity index (χ1) is 18.3. The number of aryl methyl sites for hydroxylation is 1. The fourth-order valence-electron chi connectivity index (χ4n) is 6.73.